The maximum Gasteiger partial charge on any atom is 0.416 e. The van der Waals surface area contributed by atoms with Crippen LogP contribution in [0.3, 0.4) is 0 Å². The molecule has 0 amide bonds. The van der Waals surface area contributed by atoms with Crippen molar-refractivity contribution in [2.45, 2.75) is 31.6 Å². The number of fused-ring (bicyclic) bond motifs is 1. The molecule has 0 saturated carbocycles. The summed E-state index contributed by atoms with van der Waals surface area (Å²) in [4.78, 5) is 6.73. The van der Waals surface area contributed by atoms with Crippen LogP contribution in [0, 0.1) is 0 Å². The van der Waals surface area contributed by atoms with E-state index in [1.54, 1.807) is 0 Å². The Balaban J connectivity index is 0.00000208. The van der Waals surface area contributed by atoms with Gasteiger partial charge in [0.1, 0.15) is 5.82 Å². The van der Waals surface area contributed by atoms with Crippen LogP contribution in [0.5, 0.6) is 0 Å². The van der Waals surface area contributed by atoms with Gasteiger partial charge in [0.15, 0.2) is 0 Å². The highest BCUT2D eigenvalue weighted by atomic mass is 35.5. The molecule has 3 rings (SSSR count). The predicted octanol–water partition coefficient (Wildman–Crippen LogP) is 3.20. The maximum absolute atomic E-state index is 12.8. The van der Waals surface area contributed by atoms with E-state index in [0.29, 0.717) is 18.1 Å². The third kappa shape index (κ3) is 3.84. The van der Waals surface area contributed by atoms with Crippen LogP contribution in [-0.4, -0.2) is 40.6 Å². The van der Waals surface area contributed by atoms with Crippen LogP contribution >= 0.6 is 12.4 Å². The molecule has 1 atom stereocenters. The van der Waals surface area contributed by atoms with Gasteiger partial charge in [-0.15, -0.1) is 12.4 Å². The number of hydrogen-bond donors (Lipinski definition) is 1. The van der Waals surface area contributed by atoms with Crippen LogP contribution in [0.4, 0.5) is 13.2 Å². The first kappa shape index (κ1) is 19.0. The molecule has 1 saturated heterocycles. The molecule has 4 nitrogen and oxygen atoms in total. The fraction of sp³-hybridized carbons (Fsp3) is 0.562. The Morgan fingerprint density at radius 3 is 2.75 bits per heavy atom. The monoisotopic (exact) mass is 362 g/mol. The third-order valence-corrected chi connectivity index (χ3v) is 4.58. The smallest absolute Gasteiger partial charge is 0.330 e. The summed E-state index contributed by atoms with van der Waals surface area (Å²) in [6.45, 7) is 2.59. The van der Waals surface area contributed by atoms with E-state index in [-0.39, 0.29) is 12.4 Å². The van der Waals surface area contributed by atoms with Crippen LogP contribution in [0.25, 0.3) is 11.0 Å². The molecule has 8 heteroatoms. The Kier molecular flexibility index (Phi) is 5.78. The van der Waals surface area contributed by atoms with Crippen LogP contribution in [0.15, 0.2) is 18.2 Å². The normalized spacial score (nSPS) is 19.5. The van der Waals surface area contributed by atoms with Crippen LogP contribution < -0.4 is 5.32 Å². The van der Waals surface area contributed by atoms with Gasteiger partial charge < -0.3 is 9.88 Å². The highest BCUT2D eigenvalue weighted by molar-refractivity contribution is 5.85. The van der Waals surface area contributed by atoms with E-state index in [4.69, 9.17) is 0 Å². The highest BCUT2D eigenvalue weighted by Gasteiger charge is 2.31. The number of likely N-dealkylation sites (tertiary alicyclic amines) is 1. The zero-order chi connectivity index (χ0) is 16.6. The number of halogens is 4. The molecule has 1 fully saturated rings. The second-order valence-corrected chi connectivity index (χ2v) is 6.15. The number of nitrogens with one attached hydrogen (secondary N) is 1. The van der Waals surface area contributed by atoms with E-state index in [2.05, 4.69) is 15.2 Å². The predicted molar refractivity (Wildman–Crippen MR) is 90.3 cm³/mol. The summed E-state index contributed by atoms with van der Waals surface area (Å²) in [7, 11) is 3.82. The van der Waals surface area contributed by atoms with Crippen molar-refractivity contribution in [1.29, 1.82) is 0 Å². The summed E-state index contributed by atoms with van der Waals surface area (Å²) in [5.41, 5.74) is 0.484. The molecule has 0 spiro atoms. The lowest BCUT2D eigenvalue weighted by Gasteiger charge is -2.32. The van der Waals surface area contributed by atoms with E-state index < -0.39 is 11.7 Å². The SMILES string of the molecule is CNC1CCCN(Cc2nc3cc(C(F)(F)F)ccc3n2C)C1.Cl. The lowest BCUT2D eigenvalue weighted by atomic mass is 10.1. The quantitative estimate of drug-likeness (QED) is 0.910. The van der Waals surface area contributed by atoms with Crippen molar-refractivity contribution in [3.8, 4) is 0 Å². The number of imidazole rings is 1. The standard InChI is InChI=1S/C16H21F3N4.ClH/c1-20-12-4-3-7-23(9-12)10-15-21-13-8-11(16(17,18)19)5-6-14(13)22(15)2;/h5-6,8,12,20H,3-4,7,9-10H2,1-2H3;1H. The average Bonchev–Trinajstić information content (AvgIpc) is 2.82. The molecule has 1 aromatic carbocycles. The second-order valence-electron chi connectivity index (χ2n) is 6.15. The van der Waals surface area contributed by atoms with Gasteiger partial charge in [-0.05, 0) is 44.6 Å². The number of likely N-dealkylation sites (N-methyl/N-ethyl adjacent to an activating group) is 1. The Labute approximate surface area is 145 Å². The van der Waals surface area contributed by atoms with Gasteiger partial charge >= 0.3 is 6.18 Å². The van der Waals surface area contributed by atoms with Gasteiger partial charge in [-0.2, -0.15) is 13.2 Å². The Morgan fingerprint density at radius 1 is 1.33 bits per heavy atom. The Morgan fingerprint density at radius 2 is 2.08 bits per heavy atom. The van der Waals surface area contributed by atoms with Crippen molar-refractivity contribution in [1.82, 2.24) is 19.8 Å². The fourth-order valence-electron chi connectivity index (χ4n) is 3.20. The summed E-state index contributed by atoms with van der Waals surface area (Å²) in [6.07, 6.45) is -2.06. The van der Waals surface area contributed by atoms with Crippen LogP contribution in [-0.2, 0) is 19.8 Å². The molecule has 134 valence electrons. The number of hydrogen-bond acceptors (Lipinski definition) is 3. The lowest BCUT2D eigenvalue weighted by molar-refractivity contribution is -0.137. The van der Waals surface area contributed by atoms with Crippen molar-refractivity contribution in [2.75, 3.05) is 20.1 Å². The number of aryl methyl sites for hydroxylation is 1. The van der Waals surface area contributed by atoms with E-state index in [1.165, 1.54) is 6.07 Å². The summed E-state index contributed by atoms with van der Waals surface area (Å²) in [5, 5.41) is 3.29. The number of benzene rings is 1. The minimum Gasteiger partial charge on any atom is -0.330 e. The Bertz CT molecular complexity index is 698. The van der Waals surface area contributed by atoms with Crippen LogP contribution in [0.1, 0.15) is 24.2 Å². The van der Waals surface area contributed by atoms with Gasteiger partial charge in [0.25, 0.3) is 0 Å². The van der Waals surface area contributed by atoms with Crippen molar-refractivity contribution in [2.24, 2.45) is 7.05 Å². The average molecular weight is 363 g/mol. The van der Waals surface area contributed by atoms with E-state index in [9.17, 15) is 13.2 Å². The zero-order valence-corrected chi connectivity index (χ0v) is 14.5. The molecule has 0 bridgehead atoms. The molecule has 1 aliphatic rings. The van der Waals surface area contributed by atoms with Crippen molar-refractivity contribution in [3.05, 3.63) is 29.6 Å². The molecule has 1 unspecified atom stereocenters. The summed E-state index contributed by atoms with van der Waals surface area (Å²) in [5.74, 6) is 0.802. The lowest BCUT2D eigenvalue weighted by Crippen LogP contribution is -2.44. The maximum atomic E-state index is 12.8. The fourth-order valence-corrected chi connectivity index (χ4v) is 3.20. The van der Waals surface area contributed by atoms with Gasteiger partial charge in [-0.1, -0.05) is 0 Å². The van der Waals surface area contributed by atoms with Gasteiger partial charge in [0, 0.05) is 19.6 Å². The molecule has 2 heterocycles. The minimum absolute atomic E-state index is 0. The molecule has 0 aliphatic carbocycles. The summed E-state index contributed by atoms with van der Waals surface area (Å²) in [6, 6.07) is 4.22. The number of nitrogens with zero attached hydrogens (tertiary/aromatic N) is 3. The molecule has 1 aromatic heterocycles. The van der Waals surface area contributed by atoms with Crippen molar-refractivity contribution >= 4 is 23.4 Å². The number of piperidine rings is 1. The molecule has 2 aromatic rings. The summed E-state index contributed by atoms with van der Waals surface area (Å²) < 4.78 is 40.4. The highest BCUT2D eigenvalue weighted by Crippen LogP contribution is 2.31. The van der Waals surface area contributed by atoms with Gasteiger partial charge in [0.05, 0.1) is 23.1 Å². The molecule has 1 aliphatic heterocycles. The van der Waals surface area contributed by atoms with E-state index >= 15 is 0 Å². The largest absolute Gasteiger partial charge is 0.416 e. The molecule has 0 radical (unpaired) electrons. The minimum atomic E-state index is -4.33. The third-order valence-electron chi connectivity index (χ3n) is 4.58. The van der Waals surface area contributed by atoms with Gasteiger partial charge in [-0.3, -0.25) is 4.90 Å². The zero-order valence-electron chi connectivity index (χ0n) is 13.7. The van der Waals surface area contributed by atoms with Gasteiger partial charge in [-0.25, -0.2) is 4.98 Å². The molecule has 1 N–H and O–H groups in total. The van der Waals surface area contributed by atoms with Crippen LogP contribution in [0.2, 0.25) is 0 Å². The molecular weight excluding hydrogens is 341 g/mol. The van der Waals surface area contributed by atoms with E-state index in [1.807, 2.05) is 18.7 Å². The first-order valence-corrected chi connectivity index (χ1v) is 7.80. The Hall–Kier alpha value is -1.31. The number of rotatable bonds is 3. The molecule has 24 heavy (non-hydrogen) atoms. The van der Waals surface area contributed by atoms with Gasteiger partial charge in [0.2, 0.25) is 0 Å². The van der Waals surface area contributed by atoms with Crippen molar-refractivity contribution < 1.29 is 13.2 Å². The summed E-state index contributed by atoms with van der Waals surface area (Å²) >= 11 is 0. The first-order chi connectivity index (χ1) is 10.9. The second kappa shape index (κ2) is 7.29. The number of alkyl halides is 3. The first-order valence-electron chi connectivity index (χ1n) is 7.80. The molecular formula is C16H22ClF3N4. The van der Waals surface area contributed by atoms with E-state index in [0.717, 1.165) is 49.4 Å². The topological polar surface area (TPSA) is 33.1 Å². The number of aromatic nitrogens is 2. The van der Waals surface area contributed by atoms with Crippen molar-refractivity contribution in [3.63, 3.8) is 0 Å².